The van der Waals surface area contributed by atoms with Gasteiger partial charge in [0.05, 0.1) is 0 Å². The SMILES string of the molecule is CC1CCCCC1NC(=O)c1ccc(S(=O)(=O)NC(C)(C)C)o1. The third kappa shape index (κ3) is 4.81. The van der Waals surface area contributed by atoms with Crippen molar-refractivity contribution < 1.29 is 17.6 Å². The van der Waals surface area contributed by atoms with Crippen LogP contribution in [-0.4, -0.2) is 25.9 Å². The van der Waals surface area contributed by atoms with Gasteiger partial charge >= 0.3 is 0 Å². The largest absolute Gasteiger partial charge is 0.438 e. The lowest BCUT2D eigenvalue weighted by Gasteiger charge is -2.29. The third-order valence-corrected chi connectivity index (χ3v) is 5.57. The second kappa shape index (κ2) is 6.65. The van der Waals surface area contributed by atoms with Crippen LogP contribution < -0.4 is 10.0 Å². The molecule has 130 valence electrons. The summed E-state index contributed by atoms with van der Waals surface area (Å²) in [5, 5.41) is 2.71. The van der Waals surface area contributed by atoms with Crippen LogP contribution in [0.25, 0.3) is 0 Å². The van der Waals surface area contributed by atoms with Crippen LogP contribution in [0.1, 0.15) is 63.9 Å². The van der Waals surface area contributed by atoms with Crippen LogP contribution >= 0.6 is 0 Å². The fraction of sp³-hybridized carbons (Fsp3) is 0.688. The highest BCUT2D eigenvalue weighted by Gasteiger charge is 2.28. The predicted molar refractivity (Wildman–Crippen MR) is 87.7 cm³/mol. The second-order valence-corrected chi connectivity index (χ2v) is 8.93. The number of hydrogen-bond acceptors (Lipinski definition) is 4. The molecule has 1 heterocycles. The first-order valence-electron chi connectivity index (χ1n) is 8.03. The minimum Gasteiger partial charge on any atom is -0.438 e. The maximum Gasteiger partial charge on any atom is 0.287 e. The lowest BCUT2D eigenvalue weighted by Crippen LogP contribution is -2.41. The molecule has 7 heteroatoms. The Bertz CT molecular complexity index is 658. The van der Waals surface area contributed by atoms with E-state index in [0.29, 0.717) is 5.92 Å². The van der Waals surface area contributed by atoms with Gasteiger partial charge in [-0.15, -0.1) is 0 Å². The standard InChI is InChI=1S/C16H26N2O4S/c1-11-7-5-6-8-12(11)17-15(19)13-9-10-14(22-13)23(20,21)18-16(2,3)4/h9-12,18H,5-8H2,1-4H3,(H,17,19). The van der Waals surface area contributed by atoms with Crippen LogP contribution in [0.4, 0.5) is 0 Å². The van der Waals surface area contributed by atoms with Crippen LogP contribution in [-0.2, 0) is 10.0 Å². The maximum atomic E-state index is 12.3. The van der Waals surface area contributed by atoms with E-state index in [1.54, 1.807) is 20.8 Å². The Labute approximate surface area is 138 Å². The molecule has 0 saturated heterocycles. The molecule has 1 aromatic rings. The Morgan fingerprint density at radius 2 is 1.87 bits per heavy atom. The van der Waals surface area contributed by atoms with Crippen molar-refractivity contribution in [3.63, 3.8) is 0 Å². The minimum atomic E-state index is -3.77. The van der Waals surface area contributed by atoms with Crippen molar-refractivity contribution in [2.45, 2.75) is 70.1 Å². The highest BCUT2D eigenvalue weighted by Crippen LogP contribution is 2.24. The third-order valence-electron chi connectivity index (χ3n) is 3.94. The van der Waals surface area contributed by atoms with Gasteiger partial charge in [-0.2, -0.15) is 0 Å². The molecule has 1 aliphatic carbocycles. The molecule has 1 fully saturated rings. The molecular formula is C16H26N2O4S. The van der Waals surface area contributed by atoms with Crippen molar-refractivity contribution in [2.24, 2.45) is 5.92 Å². The Kier molecular flexibility index (Phi) is 5.20. The molecule has 2 atom stereocenters. The summed E-state index contributed by atoms with van der Waals surface area (Å²) in [4.78, 5) is 12.3. The van der Waals surface area contributed by atoms with Crippen LogP contribution in [0, 0.1) is 5.92 Å². The molecule has 6 nitrogen and oxygen atoms in total. The number of sulfonamides is 1. The molecule has 0 bridgehead atoms. The van der Waals surface area contributed by atoms with E-state index >= 15 is 0 Å². The molecule has 23 heavy (non-hydrogen) atoms. The van der Waals surface area contributed by atoms with E-state index in [-0.39, 0.29) is 22.8 Å². The van der Waals surface area contributed by atoms with Crippen molar-refractivity contribution in [1.82, 2.24) is 10.0 Å². The van der Waals surface area contributed by atoms with Gasteiger partial charge in [-0.25, -0.2) is 13.1 Å². The van der Waals surface area contributed by atoms with E-state index in [0.717, 1.165) is 19.3 Å². The summed E-state index contributed by atoms with van der Waals surface area (Å²) in [6.45, 7) is 7.35. The molecule has 2 unspecified atom stereocenters. The van der Waals surface area contributed by atoms with Gasteiger partial charge in [0.1, 0.15) is 0 Å². The summed E-state index contributed by atoms with van der Waals surface area (Å²) < 4.78 is 32.1. The van der Waals surface area contributed by atoms with E-state index in [9.17, 15) is 13.2 Å². The van der Waals surface area contributed by atoms with Crippen LogP contribution in [0.5, 0.6) is 0 Å². The Morgan fingerprint density at radius 1 is 1.22 bits per heavy atom. The molecular weight excluding hydrogens is 316 g/mol. The zero-order valence-corrected chi connectivity index (χ0v) is 15.0. The molecule has 0 aromatic carbocycles. The first-order valence-corrected chi connectivity index (χ1v) is 9.51. The first-order chi connectivity index (χ1) is 10.6. The normalized spacial score (nSPS) is 22.8. The Morgan fingerprint density at radius 3 is 2.48 bits per heavy atom. The van der Waals surface area contributed by atoms with Crippen molar-refractivity contribution in [2.75, 3.05) is 0 Å². The second-order valence-electron chi connectivity index (χ2n) is 7.32. The molecule has 0 radical (unpaired) electrons. The van der Waals surface area contributed by atoms with E-state index in [4.69, 9.17) is 4.42 Å². The number of nitrogens with one attached hydrogen (secondary N) is 2. The van der Waals surface area contributed by atoms with E-state index in [1.165, 1.54) is 18.6 Å². The van der Waals surface area contributed by atoms with E-state index < -0.39 is 15.6 Å². The number of carbonyl (C=O) groups is 1. The molecule has 1 aliphatic rings. The predicted octanol–water partition coefficient (Wildman–Crippen LogP) is 2.66. The summed E-state index contributed by atoms with van der Waals surface area (Å²) in [6, 6.07) is 2.84. The van der Waals surface area contributed by atoms with Gasteiger partial charge in [0, 0.05) is 11.6 Å². The fourth-order valence-corrected chi connectivity index (χ4v) is 4.16. The van der Waals surface area contributed by atoms with Gasteiger partial charge in [0.15, 0.2) is 5.76 Å². The minimum absolute atomic E-state index is 0.0251. The van der Waals surface area contributed by atoms with Crippen molar-refractivity contribution in [3.8, 4) is 0 Å². The van der Waals surface area contributed by atoms with Gasteiger partial charge in [0.2, 0.25) is 5.09 Å². The van der Waals surface area contributed by atoms with Crippen molar-refractivity contribution in [1.29, 1.82) is 0 Å². The highest BCUT2D eigenvalue weighted by molar-refractivity contribution is 7.89. The lowest BCUT2D eigenvalue weighted by atomic mass is 9.86. The van der Waals surface area contributed by atoms with Gasteiger partial charge < -0.3 is 9.73 Å². The van der Waals surface area contributed by atoms with Gasteiger partial charge in [-0.1, -0.05) is 19.8 Å². The fourth-order valence-electron chi connectivity index (χ4n) is 2.81. The summed E-state index contributed by atoms with van der Waals surface area (Å²) in [7, 11) is -3.77. The quantitative estimate of drug-likeness (QED) is 0.880. The number of hydrogen-bond donors (Lipinski definition) is 2. The van der Waals surface area contributed by atoms with Crippen LogP contribution in [0.15, 0.2) is 21.6 Å². The molecule has 1 aromatic heterocycles. The maximum absolute atomic E-state index is 12.3. The number of carbonyl (C=O) groups excluding carboxylic acids is 1. The van der Waals surface area contributed by atoms with E-state index in [2.05, 4.69) is 17.0 Å². The smallest absolute Gasteiger partial charge is 0.287 e. The first kappa shape index (κ1) is 18.0. The number of furan rings is 1. The van der Waals surface area contributed by atoms with Gasteiger partial charge in [0.25, 0.3) is 15.9 Å². The average Bonchev–Trinajstić information content (AvgIpc) is 2.89. The summed E-state index contributed by atoms with van der Waals surface area (Å²) in [6.07, 6.45) is 4.33. The van der Waals surface area contributed by atoms with Gasteiger partial charge in [-0.3, -0.25) is 4.79 Å². The average molecular weight is 342 g/mol. The molecule has 0 spiro atoms. The summed E-state index contributed by atoms with van der Waals surface area (Å²) in [5.74, 6) is 0.0893. The van der Waals surface area contributed by atoms with Crippen molar-refractivity contribution in [3.05, 3.63) is 17.9 Å². The summed E-state index contributed by atoms with van der Waals surface area (Å²) >= 11 is 0. The Balaban J connectivity index is 2.08. The zero-order chi connectivity index (χ0) is 17.3. The molecule has 1 saturated carbocycles. The Hall–Kier alpha value is -1.34. The molecule has 1 amide bonds. The lowest BCUT2D eigenvalue weighted by molar-refractivity contribution is 0.0876. The molecule has 2 rings (SSSR count). The number of rotatable bonds is 4. The topological polar surface area (TPSA) is 88.4 Å². The summed E-state index contributed by atoms with van der Waals surface area (Å²) in [5.41, 5.74) is -0.619. The number of amides is 1. The molecule has 0 aliphatic heterocycles. The van der Waals surface area contributed by atoms with Crippen LogP contribution in [0.3, 0.4) is 0 Å². The van der Waals surface area contributed by atoms with E-state index in [1.807, 2.05) is 0 Å². The van der Waals surface area contributed by atoms with Crippen molar-refractivity contribution >= 4 is 15.9 Å². The van der Waals surface area contributed by atoms with Crippen LogP contribution in [0.2, 0.25) is 0 Å². The zero-order valence-electron chi connectivity index (χ0n) is 14.2. The highest BCUT2D eigenvalue weighted by atomic mass is 32.2. The van der Waals surface area contributed by atoms with Gasteiger partial charge in [-0.05, 0) is 51.7 Å². The monoisotopic (exact) mass is 342 g/mol. The molecule has 2 N–H and O–H groups in total.